The van der Waals surface area contributed by atoms with Crippen LogP contribution >= 0.6 is 11.8 Å². The molecule has 1 aromatic rings. The van der Waals surface area contributed by atoms with Crippen LogP contribution in [0.4, 0.5) is 8.78 Å². The minimum atomic E-state index is -2.35. The van der Waals surface area contributed by atoms with E-state index >= 15 is 0 Å². The molecular formula is C10H15F2NO2S. The average Bonchev–Trinajstić information content (AvgIpc) is 2.70. The summed E-state index contributed by atoms with van der Waals surface area (Å²) in [6, 6.07) is 3.52. The molecule has 0 fully saturated rings. The summed E-state index contributed by atoms with van der Waals surface area (Å²) >= 11 is 0.562. The van der Waals surface area contributed by atoms with Gasteiger partial charge in [0, 0.05) is 13.7 Å². The van der Waals surface area contributed by atoms with Gasteiger partial charge in [-0.1, -0.05) is 11.8 Å². The van der Waals surface area contributed by atoms with E-state index in [1.54, 1.807) is 19.2 Å². The molecule has 0 aliphatic carbocycles. The van der Waals surface area contributed by atoms with Gasteiger partial charge in [0.05, 0.1) is 18.9 Å². The quantitative estimate of drug-likeness (QED) is 0.720. The molecule has 0 aromatic carbocycles. The van der Waals surface area contributed by atoms with Crippen LogP contribution in [0.5, 0.6) is 0 Å². The lowest BCUT2D eigenvalue weighted by Crippen LogP contribution is -2.18. The van der Waals surface area contributed by atoms with Crippen molar-refractivity contribution in [3.63, 3.8) is 0 Å². The summed E-state index contributed by atoms with van der Waals surface area (Å²) < 4.78 is 34.0. The second-order valence-corrected chi connectivity index (χ2v) is 4.09. The molecule has 0 bridgehead atoms. The van der Waals surface area contributed by atoms with Crippen LogP contribution in [0.15, 0.2) is 16.5 Å². The van der Waals surface area contributed by atoms with Crippen LogP contribution in [-0.2, 0) is 17.0 Å². The number of alkyl halides is 2. The zero-order valence-electron chi connectivity index (χ0n) is 9.04. The Balaban J connectivity index is 2.22. The van der Waals surface area contributed by atoms with Gasteiger partial charge in [0.15, 0.2) is 0 Å². The first kappa shape index (κ1) is 13.5. The minimum absolute atomic E-state index is 0.204. The Morgan fingerprint density at radius 1 is 1.44 bits per heavy atom. The predicted octanol–water partition coefficient (Wildman–Crippen LogP) is 2.47. The molecular weight excluding hydrogens is 236 g/mol. The Bertz CT molecular complexity index is 294. The first-order chi connectivity index (χ1) is 7.72. The van der Waals surface area contributed by atoms with Gasteiger partial charge in [-0.2, -0.15) is 8.78 Å². The van der Waals surface area contributed by atoms with Gasteiger partial charge in [-0.3, -0.25) is 0 Å². The van der Waals surface area contributed by atoms with Crippen LogP contribution in [-0.4, -0.2) is 26.0 Å². The van der Waals surface area contributed by atoms with E-state index in [9.17, 15) is 8.78 Å². The van der Waals surface area contributed by atoms with Crippen molar-refractivity contribution in [3.05, 3.63) is 23.7 Å². The van der Waals surface area contributed by atoms with Crippen molar-refractivity contribution >= 4 is 11.8 Å². The zero-order valence-corrected chi connectivity index (χ0v) is 9.86. The maximum Gasteiger partial charge on any atom is 0.284 e. The fraction of sp³-hybridized carbons (Fsp3) is 0.600. The summed E-state index contributed by atoms with van der Waals surface area (Å²) in [5.41, 5.74) is 0. The molecule has 0 aliphatic rings. The normalized spacial score (nSPS) is 11.2. The van der Waals surface area contributed by atoms with Crippen LogP contribution in [0.3, 0.4) is 0 Å². The summed E-state index contributed by atoms with van der Waals surface area (Å²) in [5, 5.41) is 3.11. The van der Waals surface area contributed by atoms with E-state index in [-0.39, 0.29) is 5.75 Å². The number of thioether (sulfide) groups is 1. The molecule has 0 spiro atoms. The lowest BCUT2D eigenvalue weighted by molar-refractivity contribution is 0.198. The molecule has 6 heteroatoms. The molecule has 92 valence electrons. The van der Waals surface area contributed by atoms with Crippen molar-refractivity contribution in [3.8, 4) is 0 Å². The molecule has 0 saturated heterocycles. The van der Waals surface area contributed by atoms with Crippen LogP contribution in [0.2, 0.25) is 0 Å². The number of furan rings is 1. The van der Waals surface area contributed by atoms with Crippen molar-refractivity contribution in [2.75, 3.05) is 20.3 Å². The first-order valence-electron chi connectivity index (χ1n) is 4.89. The highest BCUT2D eigenvalue weighted by molar-refractivity contribution is 7.98. The van der Waals surface area contributed by atoms with E-state index in [1.807, 2.05) is 0 Å². The average molecular weight is 251 g/mol. The van der Waals surface area contributed by atoms with Crippen LogP contribution < -0.4 is 5.32 Å². The molecule has 0 radical (unpaired) electrons. The van der Waals surface area contributed by atoms with Gasteiger partial charge in [0.2, 0.25) is 0 Å². The molecule has 0 amide bonds. The Morgan fingerprint density at radius 2 is 2.19 bits per heavy atom. The van der Waals surface area contributed by atoms with Gasteiger partial charge >= 0.3 is 0 Å². The third-order valence-corrected chi connectivity index (χ3v) is 2.55. The lowest BCUT2D eigenvalue weighted by atomic mass is 10.4. The molecule has 1 heterocycles. The molecule has 1 aromatic heterocycles. The Labute approximate surface area is 97.5 Å². The SMILES string of the molecule is COCCNCc1ccc(CSC(F)F)o1. The summed E-state index contributed by atoms with van der Waals surface area (Å²) in [7, 11) is 1.63. The van der Waals surface area contributed by atoms with E-state index in [4.69, 9.17) is 9.15 Å². The Morgan fingerprint density at radius 3 is 2.88 bits per heavy atom. The number of hydrogen-bond donors (Lipinski definition) is 1. The molecule has 16 heavy (non-hydrogen) atoms. The molecule has 0 saturated carbocycles. The number of hydrogen-bond acceptors (Lipinski definition) is 4. The third-order valence-electron chi connectivity index (χ3n) is 1.85. The molecule has 0 aliphatic heterocycles. The lowest BCUT2D eigenvalue weighted by Gasteiger charge is -2.01. The van der Waals surface area contributed by atoms with E-state index in [0.717, 1.165) is 12.3 Å². The van der Waals surface area contributed by atoms with Gasteiger partial charge < -0.3 is 14.5 Å². The fourth-order valence-corrected chi connectivity index (χ4v) is 1.57. The predicted molar refractivity (Wildman–Crippen MR) is 59.6 cm³/mol. The highest BCUT2D eigenvalue weighted by Crippen LogP contribution is 2.21. The third kappa shape index (κ3) is 5.48. The number of ether oxygens (including phenoxy) is 1. The van der Waals surface area contributed by atoms with Crippen molar-refractivity contribution in [2.24, 2.45) is 0 Å². The van der Waals surface area contributed by atoms with Gasteiger partial charge in [-0.15, -0.1) is 0 Å². The van der Waals surface area contributed by atoms with Crippen LogP contribution in [0.1, 0.15) is 11.5 Å². The molecule has 3 nitrogen and oxygen atoms in total. The summed E-state index contributed by atoms with van der Waals surface area (Å²) in [5.74, 6) is -0.821. The molecule has 1 N–H and O–H groups in total. The maximum atomic E-state index is 11.9. The van der Waals surface area contributed by atoms with Crippen molar-refractivity contribution < 1.29 is 17.9 Å². The fourth-order valence-electron chi connectivity index (χ4n) is 1.13. The molecule has 1 rings (SSSR count). The number of rotatable bonds is 8. The van der Waals surface area contributed by atoms with E-state index < -0.39 is 5.76 Å². The number of nitrogens with one attached hydrogen (secondary N) is 1. The van der Waals surface area contributed by atoms with Gasteiger partial charge in [0.25, 0.3) is 5.76 Å². The summed E-state index contributed by atoms with van der Waals surface area (Å²) in [6.45, 7) is 1.95. The monoisotopic (exact) mass is 251 g/mol. The highest BCUT2D eigenvalue weighted by Gasteiger charge is 2.06. The van der Waals surface area contributed by atoms with E-state index in [1.165, 1.54) is 0 Å². The molecule has 0 atom stereocenters. The zero-order chi connectivity index (χ0) is 11.8. The first-order valence-corrected chi connectivity index (χ1v) is 5.94. The van der Waals surface area contributed by atoms with Crippen LogP contribution in [0.25, 0.3) is 0 Å². The Kier molecular flexibility index (Phi) is 6.44. The topological polar surface area (TPSA) is 34.4 Å². The maximum absolute atomic E-state index is 11.9. The van der Waals surface area contributed by atoms with Crippen molar-refractivity contribution in [2.45, 2.75) is 18.1 Å². The minimum Gasteiger partial charge on any atom is -0.464 e. The van der Waals surface area contributed by atoms with Crippen molar-refractivity contribution in [1.29, 1.82) is 0 Å². The van der Waals surface area contributed by atoms with E-state index in [0.29, 0.717) is 30.7 Å². The molecule has 0 unspecified atom stereocenters. The van der Waals surface area contributed by atoms with E-state index in [2.05, 4.69) is 5.32 Å². The summed E-state index contributed by atoms with van der Waals surface area (Å²) in [4.78, 5) is 0. The summed E-state index contributed by atoms with van der Waals surface area (Å²) in [6.07, 6.45) is 0. The van der Waals surface area contributed by atoms with Gasteiger partial charge in [-0.05, 0) is 12.1 Å². The van der Waals surface area contributed by atoms with Crippen LogP contribution in [0, 0.1) is 0 Å². The second kappa shape index (κ2) is 7.65. The van der Waals surface area contributed by atoms with Gasteiger partial charge in [-0.25, -0.2) is 0 Å². The largest absolute Gasteiger partial charge is 0.464 e. The number of methoxy groups -OCH3 is 1. The number of halogens is 2. The van der Waals surface area contributed by atoms with Crippen molar-refractivity contribution in [1.82, 2.24) is 5.32 Å². The van der Waals surface area contributed by atoms with Gasteiger partial charge in [0.1, 0.15) is 11.5 Å². The second-order valence-electron chi connectivity index (χ2n) is 3.11. The standard InChI is InChI=1S/C10H15F2NO2S/c1-14-5-4-13-6-8-2-3-9(15-8)7-16-10(11)12/h2-3,10,13H,4-7H2,1H3. The highest BCUT2D eigenvalue weighted by atomic mass is 32.2. The smallest absolute Gasteiger partial charge is 0.284 e. The Hall–Kier alpha value is -0.590.